The Morgan fingerprint density at radius 2 is 1.68 bits per heavy atom. The number of unbranched alkanes of at least 4 members (excludes halogenated alkanes) is 1. The number of nitrogens with zero attached hydrogens (tertiary/aromatic N) is 3. The van der Waals surface area contributed by atoms with Crippen LogP contribution in [0.25, 0.3) is 22.0 Å². The molecule has 0 fully saturated rings. The topological polar surface area (TPSA) is 154 Å². The Morgan fingerprint density at radius 3 is 2.37 bits per heavy atom. The summed E-state index contributed by atoms with van der Waals surface area (Å²) in [6.45, 7) is 5.97. The lowest BCUT2D eigenvalue weighted by atomic mass is 10.1. The maximum absolute atomic E-state index is 12.0. The molecular formula is C30H32N4O6S. The van der Waals surface area contributed by atoms with Gasteiger partial charge in [-0.1, -0.05) is 36.4 Å². The van der Waals surface area contributed by atoms with Gasteiger partial charge >= 0.3 is 5.97 Å². The van der Waals surface area contributed by atoms with Gasteiger partial charge in [-0.25, -0.2) is 0 Å². The van der Waals surface area contributed by atoms with E-state index in [4.69, 9.17) is 15.2 Å². The minimum absolute atomic E-state index is 0.103. The van der Waals surface area contributed by atoms with E-state index in [0.29, 0.717) is 53.8 Å². The van der Waals surface area contributed by atoms with E-state index in [-0.39, 0.29) is 22.2 Å². The van der Waals surface area contributed by atoms with Crippen LogP contribution in [0.3, 0.4) is 0 Å². The zero-order chi connectivity index (χ0) is 29.6. The average molecular weight is 577 g/mol. The van der Waals surface area contributed by atoms with Gasteiger partial charge < -0.3 is 15.2 Å². The highest BCUT2D eigenvalue weighted by Crippen LogP contribution is 2.37. The number of aromatic nitrogens is 1. The van der Waals surface area contributed by atoms with Gasteiger partial charge in [0.15, 0.2) is 0 Å². The second-order valence-corrected chi connectivity index (χ2v) is 11.7. The summed E-state index contributed by atoms with van der Waals surface area (Å²) in [4.78, 5) is 16.1. The monoisotopic (exact) mass is 576 g/mol. The Hall–Kier alpha value is -4.35. The van der Waals surface area contributed by atoms with E-state index < -0.39 is 15.7 Å². The third-order valence-corrected chi connectivity index (χ3v) is 6.83. The number of rotatable bonds is 10. The zero-order valence-corrected chi connectivity index (χ0v) is 23.9. The van der Waals surface area contributed by atoms with Crippen molar-refractivity contribution in [1.82, 2.24) is 4.98 Å². The van der Waals surface area contributed by atoms with Gasteiger partial charge in [0.1, 0.15) is 27.6 Å². The second kappa shape index (κ2) is 12.4. The SMILES string of the molecule is CC(C)(C)OC(=O)CCCCOc1ccccc1-c1ccc(N=Nc2cc(S(=O)(=O)O)c3ccccc3c2N)cn1. The molecule has 4 aromatic rings. The van der Waals surface area contributed by atoms with Gasteiger partial charge in [0.2, 0.25) is 0 Å². The number of esters is 1. The third kappa shape index (κ3) is 7.86. The van der Waals surface area contributed by atoms with E-state index >= 15 is 0 Å². The van der Waals surface area contributed by atoms with Crippen LogP contribution in [-0.2, 0) is 19.6 Å². The van der Waals surface area contributed by atoms with Crippen LogP contribution >= 0.6 is 0 Å². The Bertz CT molecular complexity index is 1680. The molecule has 0 unspecified atom stereocenters. The lowest BCUT2D eigenvalue weighted by Gasteiger charge is -2.19. The van der Waals surface area contributed by atoms with Gasteiger partial charge in [-0.15, -0.1) is 10.2 Å². The molecule has 4 rings (SSSR count). The fourth-order valence-corrected chi connectivity index (χ4v) is 4.83. The molecule has 1 aromatic heterocycles. The van der Waals surface area contributed by atoms with Crippen molar-refractivity contribution in [1.29, 1.82) is 0 Å². The van der Waals surface area contributed by atoms with Crippen molar-refractivity contribution in [2.24, 2.45) is 10.2 Å². The number of azo groups is 1. The van der Waals surface area contributed by atoms with Gasteiger partial charge in [0.25, 0.3) is 10.1 Å². The predicted molar refractivity (Wildman–Crippen MR) is 157 cm³/mol. The zero-order valence-electron chi connectivity index (χ0n) is 23.1. The summed E-state index contributed by atoms with van der Waals surface area (Å²) in [5, 5.41) is 9.03. The van der Waals surface area contributed by atoms with E-state index in [1.54, 1.807) is 36.4 Å². The highest BCUT2D eigenvalue weighted by molar-refractivity contribution is 7.86. The molecule has 10 nitrogen and oxygen atoms in total. The quantitative estimate of drug-likeness (QED) is 0.0670. The van der Waals surface area contributed by atoms with Crippen LogP contribution in [0.2, 0.25) is 0 Å². The molecule has 0 aliphatic rings. The summed E-state index contributed by atoms with van der Waals surface area (Å²) in [7, 11) is -4.51. The summed E-state index contributed by atoms with van der Waals surface area (Å²) >= 11 is 0. The molecule has 0 radical (unpaired) electrons. The molecule has 1 heterocycles. The first kappa shape index (κ1) is 29.6. The maximum Gasteiger partial charge on any atom is 0.306 e. The van der Waals surface area contributed by atoms with Crippen LogP contribution in [0.1, 0.15) is 40.0 Å². The highest BCUT2D eigenvalue weighted by atomic mass is 32.2. The van der Waals surface area contributed by atoms with Crippen molar-refractivity contribution in [3.8, 4) is 17.0 Å². The number of nitrogens with two attached hydrogens (primary N) is 1. The molecule has 0 aliphatic heterocycles. The number of anilines is 1. The second-order valence-electron chi connectivity index (χ2n) is 10.3. The average Bonchev–Trinajstić information content (AvgIpc) is 2.91. The number of fused-ring (bicyclic) bond motifs is 1. The van der Waals surface area contributed by atoms with Gasteiger partial charge in [0.05, 0.1) is 24.2 Å². The van der Waals surface area contributed by atoms with Crippen LogP contribution < -0.4 is 10.5 Å². The number of carbonyl (C=O) groups excluding carboxylic acids is 1. The number of para-hydroxylation sites is 1. The fourth-order valence-electron chi connectivity index (χ4n) is 4.11. The first-order valence-corrected chi connectivity index (χ1v) is 14.5. The van der Waals surface area contributed by atoms with E-state index in [9.17, 15) is 17.8 Å². The Balaban J connectivity index is 1.45. The van der Waals surface area contributed by atoms with E-state index in [0.717, 1.165) is 5.56 Å². The van der Waals surface area contributed by atoms with Crippen molar-refractivity contribution in [3.63, 3.8) is 0 Å². The van der Waals surface area contributed by atoms with Crippen LogP contribution in [0.4, 0.5) is 17.1 Å². The molecule has 3 N–H and O–H groups in total. The van der Waals surface area contributed by atoms with Crippen LogP contribution in [0.5, 0.6) is 5.75 Å². The number of carbonyl (C=O) groups is 1. The van der Waals surface area contributed by atoms with E-state index in [2.05, 4.69) is 15.2 Å². The van der Waals surface area contributed by atoms with E-state index in [1.165, 1.54) is 12.3 Å². The summed E-state index contributed by atoms with van der Waals surface area (Å²) in [5.41, 5.74) is 7.93. The molecule has 41 heavy (non-hydrogen) atoms. The number of nitrogen functional groups attached to an aromatic ring is 1. The largest absolute Gasteiger partial charge is 0.493 e. The van der Waals surface area contributed by atoms with Crippen molar-refractivity contribution in [2.45, 2.75) is 50.5 Å². The number of hydrogen-bond donors (Lipinski definition) is 2. The van der Waals surface area contributed by atoms with Gasteiger partial charge in [-0.3, -0.25) is 14.3 Å². The minimum Gasteiger partial charge on any atom is -0.493 e. The van der Waals surface area contributed by atoms with Crippen LogP contribution in [-0.4, -0.2) is 36.1 Å². The first-order chi connectivity index (χ1) is 19.4. The van der Waals surface area contributed by atoms with Gasteiger partial charge in [0, 0.05) is 22.8 Å². The molecule has 0 bridgehead atoms. The molecule has 0 atom stereocenters. The fraction of sp³-hybridized carbons (Fsp3) is 0.267. The molecule has 0 spiro atoms. The van der Waals surface area contributed by atoms with Crippen molar-refractivity contribution in [2.75, 3.05) is 12.3 Å². The Labute approximate surface area is 239 Å². The highest BCUT2D eigenvalue weighted by Gasteiger charge is 2.19. The molecule has 0 saturated heterocycles. The Morgan fingerprint density at radius 1 is 0.976 bits per heavy atom. The maximum atomic E-state index is 12.0. The number of hydrogen-bond acceptors (Lipinski definition) is 9. The minimum atomic E-state index is -4.51. The van der Waals surface area contributed by atoms with Crippen molar-refractivity contribution < 1.29 is 27.2 Å². The van der Waals surface area contributed by atoms with Crippen LogP contribution in [0, 0.1) is 0 Å². The smallest absolute Gasteiger partial charge is 0.306 e. The molecule has 0 saturated carbocycles. The number of benzene rings is 3. The molecule has 214 valence electrons. The standard InChI is InChI=1S/C30H32N4O6S/c1-30(2,3)40-28(35)14-8-9-17-39-26-13-7-6-12-23(26)24-16-15-20(19-32-24)33-34-25-18-27(41(36,37)38)21-10-4-5-11-22(21)29(25)31/h4-7,10-13,15-16,18-19H,8-9,14,17,31H2,1-3H3,(H,36,37,38). The summed E-state index contributed by atoms with van der Waals surface area (Å²) in [6.07, 6.45) is 3.21. The molecule has 3 aromatic carbocycles. The molecule has 0 aliphatic carbocycles. The predicted octanol–water partition coefficient (Wildman–Crippen LogP) is 7.04. The Kier molecular flexibility index (Phi) is 8.99. The van der Waals surface area contributed by atoms with Gasteiger partial charge in [-0.05, 0) is 63.9 Å². The van der Waals surface area contributed by atoms with Gasteiger partial charge in [-0.2, -0.15) is 8.42 Å². The first-order valence-electron chi connectivity index (χ1n) is 13.0. The summed E-state index contributed by atoms with van der Waals surface area (Å²) in [6, 6.07) is 18.8. The number of pyridine rings is 1. The van der Waals surface area contributed by atoms with Crippen molar-refractivity contribution >= 4 is 43.9 Å². The lowest BCUT2D eigenvalue weighted by Crippen LogP contribution is -2.23. The summed E-state index contributed by atoms with van der Waals surface area (Å²) in [5.74, 6) is 0.440. The molecular weight excluding hydrogens is 544 g/mol. The van der Waals surface area contributed by atoms with E-state index in [1.807, 2.05) is 45.0 Å². The normalized spacial score (nSPS) is 12.1. The molecule has 0 amide bonds. The lowest BCUT2D eigenvalue weighted by molar-refractivity contribution is -0.154. The van der Waals surface area contributed by atoms with Crippen molar-refractivity contribution in [3.05, 3.63) is 72.9 Å². The van der Waals surface area contributed by atoms with Crippen LogP contribution in [0.15, 0.2) is 88.1 Å². The number of ether oxygens (including phenoxy) is 2. The molecule has 11 heteroatoms. The third-order valence-electron chi connectivity index (χ3n) is 5.94. The summed E-state index contributed by atoms with van der Waals surface area (Å²) < 4.78 is 44.9.